The Morgan fingerprint density at radius 2 is 2.19 bits per heavy atom. The lowest BCUT2D eigenvalue weighted by atomic mass is 10.2. The Balaban J connectivity index is 2.01. The fraction of sp³-hybridized carbons (Fsp3) is 0.0714. The highest BCUT2D eigenvalue weighted by Gasteiger charge is 2.10. The van der Waals surface area contributed by atoms with Crippen LogP contribution in [0.3, 0.4) is 0 Å². The van der Waals surface area contributed by atoms with E-state index in [0.29, 0.717) is 11.4 Å². The lowest BCUT2D eigenvalue weighted by Crippen LogP contribution is -2.18. The molecule has 2 heterocycles. The summed E-state index contributed by atoms with van der Waals surface area (Å²) in [5, 5.41) is 9.47. The summed E-state index contributed by atoms with van der Waals surface area (Å²) in [6.45, 7) is 0. The molecule has 21 heavy (non-hydrogen) atoms. The minimum atomic E-state index is -0.544. The third kappa shape index (κ3) is 2.56. The van der Waals surface area contributed by atoms with Crippen LogP contribution in [0.5, 0.6) is 5.88 Å². The molecule has 6 nitrogen and oxygen atoms in total. The van der Waals surface area contributed by atoms with E-state index in [0.717, 1.165) is 20.8 Å². The minimum absolute atomic E-state index is 0.382. The first-order valence-corrected chi connectivity index (χ1v) is 6.88. The van der Waals surface area contributed by atoms with Crippen molar-refractivity contribution in [3.63, 3.8) is 0 Å². The summed E-state index contributed by atoms with van der Waals surface area (Å²) in [6.07, 6.45) is 1.69. The van der Waals surface area contributed by atoms with Crippen LogP contribution in [0.15, 0.2) is 36.5 Å². The van der Waals surface area contributed by atoms with Gasteiger partial charge in [-0.15, -0.1) is 11.3 Å². The number of carbonyl (C=O) groups is 1. The molecule has 0 atom stereocenters. The first-order valence-electron chi connectivity index (χ1n) is 6.06. The van der Waals surface area contributed by atoms with E-state index in [9.17, 15) is 4.79 Å². The second-order valence-electron chi connectivity index (χ2n) is 4.23. The highest BCUT2D eigenvalue weighted by atomic mass is 32.1. The van der Waals surface area contributed by atoms with Crippen LogP contribution in [0, 0.1) is 0 Å². The van der Waals surface area contributed by atoms with E-state index in [1.807, 2.05) is 6.07 Å². The summed E-state index contributed by atoms with van der Waals surface area (Å²) in [7, 11) is 1.56. The molecule has 0 aliphatic rings. The Bertz CT molecular complexity index is 799. The number of methoxy groups -OCH3 is 1. The standard InChI is InChI=1S/C14H11N3O3S/c1-20-12-5-3-9(7-15-12)14-16-10-4-2-8(13(18)17-19)6-11(10)21-14/h2-7,19H,1H3,(H,17,18). The molecule has 106 valence electrons. The monoisotopic (exact) mass is 301 g/mol. The van der Waals surface area contributed by atoms with Gasteiger partial charge in [0, 0.05) is 23.4 Å². The lowest BCUT2D eigenvalue weighted by molar-refractivity contribution is 0.0706. The molecule has 0 saturated carbocycles. The van der Waals surface area contributed by atoms with Gasteiger partial charge < -0.3 is 4.74 Å². The van der Waals surface area contributed by atoms with Gasteiger partial charge in [-0.25, -0.2) is 15.4 Å². The van der Waals surface area contributed by atoms with E-state index in [1.165, 1.54) is 11.3 Å². The fourth-order valence-corrected chi connectivity index (χ4v) is 2.88. The number of hydrogen-bond donors (Lipinski definition) is 2. The number of rotatable bonds is 3. The topological polar surface area (TPSA) is 84.3 Å². The second-order valence-corrected chi connectivity index (χ2v) is 5.26. The molecule has 2 aromatic heterocycles. The summed E-state index contributed by atoms with van der Waals surface area (Å²) < 4.78 is 5.89. The quantitative estimate of drug-likeness (QED) is 0.573. The molecule has 3 aromatic rings. The number of benzene rings is 1. The van der Waals surface area contributed by atoms with Gasteiger partial charge in [-0.2, -0.15) is 0 Å². The number of nitrogens with zero attached hydrogens (tertiary/aromatic N) is 2. The average molecular weight is 301 g/mol. The van der Waals surface area contributed by atoms with E-state index in [-0.39, 0.29) is 0 Å². The van der Waals surface area contributed by atoms with Crippen LogP contribution in [0.2, 0.25) is 0 Å². The molecule has 0 bridgehead atoms. The Labute approximate surface area is 124 Å². The zero-order chi connectivity index (χ0) is 14.8. The second kappa shape index (κ2) is 5.47. The summed E-state index contributed by atoms with van der Waals surface area (Å²) in [5.74, 6) is -0.000252. The molecule has 0 saturated heterocycles. The molecule has 3 rings (SSSR count). The first kappa shape index (κ1) is 13.5. The Hall–Kier alpha value is -2.51. The first-order chi connectivity index (χ1) is 10.2. The van der Waals surface area contributed by atoms with E-state index < -0.39 is 5.91 Å². The number of fused-ring (bicyclic) bond motifs is 1. The molecule has 0 fully saturated rings. The minimum Gasteiger partial charge on any atom is -0.481 e. The van der Waals surface area contributed by atoms with Crippen molar-refractivity contribution in [2.75, 3.05) is 7.11 Å². The van der Waals surface area contributed by atoms with Gasteiger partial charge in [0.2, 0.25) is 5.88 Å². The van der Waals surface area contributed by atoms with Crippen molar-refractivity contribution in [3.05, 3.63) is 42.1 Å². The number of aromatic nitrogens is 2. The summed E-state index contributed by atoms with van der Waals surface area (Å²) in [4.78, 5) is 20.1. The van der Waals surface area contributed by atoms with Crippen molar-refractivity contribution < 1.29 is 14.7 Å². The molecule has 0 unspecified atom stereocenters. The highest BCUT2D eigenvalue weighted by Crippen LogP contribution is 2.30. The summed E-state index contributed by atoms with van der Waals surface area (Å²) in [6, 6.07) is 8.70. The largest absolute Gasteiger partial charge is 0.481 e. The van der Waals surface area contributed by atoms with Crippen molar-refractivity contribution in [1.82, 2.24) is 15.4 Å². The van der Waals surface area contributed by atoms with Gasteiger partial charge in [0.25, 0.3) is 5.91 Å². The number of pyridine rings is 1. The van der Waals surface area contributed by atoms with Crippen molar-refractivity contribution in [3.8, 4) is 16.5 Å². The van der Waals surface area contributed by atoms with Gasteiger partial charge in [-0.05, 0) is 24.3 Å². The van der Waals surface area contributed by atoms with Crippen LogP contribution in [0.1, 0.15) is 10.4 Å². The van der Waals surface area contributed by atoms with Crippen molar-refractivity contribution in [1.29, 1.82) is 0 Å². The Morgan fingerprint density at radius 1 is 1.33 bits per heavy atom. The third-order valence-corrected chi connectivity index (χ3v) is 4.01. The molecule has 0 spiro atoms. The van der Waals surface area contributed by atoms with Crippen molar-refractivity contribution in [2.45, 2.75) is 0 Å². The maximum atomic E-state index is 11.4. The number of carbonyl (C=O) groups excluding carboxylic acids is 1. The van der Waals surface area contributed by atoms with Gasteiger partial charge >= 0.3 is 0 Å². The van der Waals surface area contributed by atoms with E-state index in [1.54, 1.807) is 43.1 Å². The molecule has 0 radical (unpaired) electrons. The summed E-state index contributed by atoms with van der Waals surface area (Å²) >= 11 is 1.45. The number of nitrogens with one attached hydrogen (secondary N) is 1. The van der Waals surface area contributed by atoms with Crippen molar-refractivity contribution in [2.24, 2.45) is 0 Å². The van der Waals surface area contributed by atoms with Gasteiger partial charge in [-0.1, -0.05) is 0 Å². The molecule has 2 N–H and O–H groups in total. The van der Waals surface area contributed by atoms with E-state index >= 15 is 0 Å². The zero-order valence-electron chi connectivity index (χ0n) is 11.0. The van der Waals surface area contributed by atoms with Crippen molar-refractivity contribution >= 4 is 27.5 Å². The normalized spacial score (nSPS) is 10.6. The van der Waals surface area contributed by atoms with Gasteiger partial charge in [0.05, 0.1) is 17.3 Å². The van der Waals surface area contributed by atoms with E-state index in [4.69, 9.17) is 9.94 Å². The molecule has 1 amide bonds. The zero-order valence-corrected chi connectivity index (χ0v) is 11.8. The van der Waals surface area contributed by atoms with E-state index in [2.05, 4.69) is 9.97 Å². The number of ether oxygens (including phenoxy) is 1. The maximum Gasteiger partial charge on any atom is 0.274 e. The van der Waals surface area contributed by atoms with Gasteiger partial charge in [0.1, 0.15) is 5.01 Å². The Kier molecular flexibility index (Phi) is 3.51. The third-order valence-electron chi connectivity index (χ3n) is 2.94. The average Bonchev–Trinajstić information content (AvgIpc) is 2.97. The molecule has 0 aliphatic carbocycles. The van der Waals surface area contributed by atoms with Crippen LogP contribution in [0.4, 0.5) is 0 Å². The van der Waals surface area contributed by atoms with Gasteiger partial charge in [-0.3, -0.25) is 10.0 Å². The summed E-state index contributed by atoms with van der Waals surface area (Å²) in [5.41, 5.74) is 3.67. The van der Waals surface area contributed by atoms with Crippen LogP contribution in [0.25, 0.3) is 20.8 Å². The molecule has 1 aromatic carbocycles. The number of hydroxylamine groups is 1. The smallest absolute Gasteiger partial charge is 0.274 e. The maximum absolute atomic E-state index is 11.4. The number of thiazole rings is 1. The van der Waals surface area contributed by atoms with Crippen LogP contribution in [-0.4, -0.2) is 28.2 Å². The Morgan fingerprint density at radius 3 is 2.86 bits per heavy atom. The number of amides is 1. The highest BCUT2D eigenvalue weighted by molar-refractivity contribution is 7.21. The SMILES string of the molecule is COc1ccc(-c2nc3ccc(C(=O)NO)cc3s2)cn1. The molecule has 7 heteroatoms. The predicted molar refractivity (Wildman–Crippen MR) is 78.7 cm³/mol. The van der Waals surface area contributed by atoms with Crippen LogP contribution >= 0.6 is 11.3 Å². The molecular weight excluding hydrogens is 290 g/mol. The van der Waals surface area contributed by atoms with Crippen LogP contribution < -0.4 is 10.2 Å². The van der Waals surface area contributed by atoms with Crippen LogP contribution in [-0.2, 0) is 0 Å². The fourth-order valence-electron chi connectivity index (χ4n) is 1.88. The molecule has 0 aliphatic heterocycles. The lowest BCUT2D eigenvalue weighted by Gasteiger charge is -1.98. The molecular formula is C14H11N3O3S. The predicted octanol–water partition coefficient (Wildman–Crippen LogP) is 2.49. The van der Waals surface area contributed by atoms with Gasteiger partial charge in [0.15, 0.2) is 0 Å². The number of hydrogen-bond acceptors (Lipinski definition) is 6.